The number of sulfonamides is 1. The van der Waals surface area contributed by atoms with Gasteiger partial charge in [-0.05, 0) is 75.9 Å². The van der Waals surface area contributed by atoms with E-state index in [1.807, 2.05) is 11.9 Å². The molecule has 1 aliphatic heterocycles. The van der Waals surface area contributed by atoms with Gasteiger partial charge in [-0.3, -0.25) is 4.79 Å². The molecule has 1 heterocycles. The summed E-state index contributed by atoms with van der Waals surface area (Å²) in [5, 5.41) is 3.17. The third kappa shape index (κ3) is 4.80. The van der Waals surface area contributed by atoms with Gasteiger partial charge in [-0.15, -0.1) is 0 Å². The van der Waals surface area contributed by atoms with Gasteiger partial charge >= 0.3 is 0 Å². The maximum absolute atomic E-state index is 12.6. The minimum Gasteiger partial charge on any atom is -0.339 e. The SMILES string of the molecule is CNCCC1CCN(C(=O)c2ccc(S(=O)(=O)NC3CC3)cc2)CC1. The van der Waals surface area contributed by atoms with Gasteiger partial charge in [0, 0.05) is 24.7 Å². The summed E-state index contributed by atoms with van der Waals surface area (Å²) in [6.45, 7) is 2.57. The number of nitrogens with one attached hydrogen (secondary N) is 2. The largest absolute Gasteiger partial charge is 0.339 e. The van der Waals surface area contributed by atoms with Crippen LogP contribution in [0.2, 0.25) is 0 Å². The third-order valence-electron chi connectivity index (χ3n) is 5.02. The summed E-state index contributed by atoms with van der Waals surface area (Å²) in [6.07, 6.45) is 5.02. The second-order valence-corrected chi connectivity index (χ2v) is 8.76. The van der Waals surface area contributed by atoms with E-state index in [4.69, 9.17) is 0 Å². The van der Waals surface area contributed by atoms with Crippen LogP contribution in [0.1, 0.15) is 42.5 Å². The van der Waals surface area contributed by atoms with E-state index in [2.05, 4.69) is 10.0 Å². The number of carbonyl (C=O) groups excluding carboxylic acids is 1. The number of carbonyl (C=O) groups is 1. The van der Waals surface area contributed by atoms with Crippen LogP contribution in [0, 0.1) is 5.92 Å². The van der Waals surface area contributed by atoms with Crippen LogP contribution in [-0.2, 0) is 10.0 Å². The van der Waals surface area contributed by atoms with Crippen LogP contribution >= 0.6 is 0 Å². The molecule has 25 heavy (non-hydrogen) atoms. The molecular weight excluding hydrogens is 338 g/mol. The van der Waals surface area contributed by atoms with Gasteiger partial charge < -0.3 is 10.2 Å². The lowest BCUT2D eigenvalue weighted by atomic mass is 9.93. The predicted octanol–water partition coefficient (Wildman–Crippen LogP) is 1.59. The second kappa shape index (κ2) is 7.85. The van der Waals surface area contributed by atoms with Crippen molar-refractivity contribution < 1.29 is 13.2 Å². The third-order valence-corrected chi connectivity index (χ3v) is 6.55. The fraction of sp³-hybridized carbons (Fsp3) is 0.611. The molecule has 2 aliphatic rings. The Labute approximate surface area is 150 Å². The summed E-state index contributed by atoms with van der Waals surface area (Å²) in [4.78, 5) is 14.7. The van der Waals surface area contributed by atoms with Crippen molar-refractivity contribution in [3.63, 3.8) is 0 Å². The first kappa shape index (κ1) is 18.4. The topological polar surface area (TPSA) is 78.5 Å². The molecule has 1 aromatic carbocycles. The number of hydrogen-bond donors (Lipinski definition) is 2. The molecule has 0 aromatic heterocycles. The predicted molar refractivity (Wildman–Crippen MR) is 97.0 cm³/mol. The first-order valence-electron chi connectivity index (χ1n) is 9.06. The van der Waals surface area contributed by atoms with Crippen LogP contribution in [0.5, 0.6) is 0 Å². The Morgan fingerprint density at radius 2 is 1.76 bits per heavy atom. The minimum absolute atomic E-state index is 0.00818. The lowest BCUT2D eigenvalue weighted by Gasteiger charge is -2.32. The van der Waals surface area contributed by atoms with Crippen molar-refractivity contribution in [2.75, 3.05) is 26.7 Å². The number of hydrogen-bond acceptors (Lipinski definition) is 4. The Morgan fingerprint density at radius 3 is 2.32 bits per heavy atom. The number of piperidine rings is 1. The maximum Gasteiger partial charge on any atom is 0.253 e. The molecule has 1 aliphatic carbocycles. The smallest absolute Gasteiger partial charge is 0.253 e. The molecule has 1 amide bonds. The average Bonchev–Trinajstić information content (AvgIpc) is 3.43. The normalized spacial score (nSPS) is 19.2. The van der Waals surface area contributed by atoms with Crippen molar-refractivity contribution in [2.45, 2.75) is 43.0 Å². The van der Waals surface area contributed by atoms with E-state index in [1.165, 1.54) is 12.1 Å². The standard InChI is InChI=1S/C18H27N3O3S/c1-19-11-8-14-9-12-21(13-10-14)18(22)15-2-6-17(7-3-15)25(23,24)20-16-4-5-16/h2-3,6-7,14,16,19-20H,4-5,8-13H2,1H3. The summed E-state index contributed by atoms with van der Waals surface area (Å²) in [5.41, 5.74) is 0.555. The molecule has 7 heteroatoms. The number of likely N-dealkylation sites (tertiary alicyclic amines) is 1. The first-order valence-corrected chi connectivity index (χ1v) is 10.5. The molecule has 0 unspecified atom stereocenters. The van der Waals surface area contributed by atoms with Crippen molar-refractivity contribution >= 4 is 15.9 Å². The molecule has 1 saturated carbocycles. The molecule has 2 fully saturated rings. The fourth-order valence-electron chi connectivity index (χ4n) is 3.22. The second-order valence-electron chi connectivity index (χ2n) is 7.05. The summed E-state index contributed by atoms with van der Waals surface area (Å²) < 4.78 is 27.0. The number of benzene rings is 1. The highest BCUT2D eigenvalue weighted by atomic mass is 32.2. The summed E-state index contributed by atoms with van der Waals surface area (Å²) in [6, 6.07) is 6.37. The van der Waals surface area contributed by atoms with E-state index in [-0.39, 0.29) is 16.8 Å². The van der Waals surface area contributed by atoms with Gasteiger partial charge in [-0.25, -0.2) is 13.1 Å². The molecule has 6 nitrogen and oxygen atoms in total. The highest BCUT2D eigenvalue weighted by Gasteiger charge is 2.28. The molecule has 1 saturated heterocycles. The van der Waals surface area contributed by atoms with Crippen LogP contribution < -0.4 is 10.0 Å². The molecule has 138 valence electrons. The van der Waals surface area contributed by atoms with Gasteiger partial charge in [0.1, 0.15) is 0 Å². The first-order chi connectivity index (χ1) is 12.0. The Balaban J connectivity index is 1.58. The van der Waals surface area contributed by atoms with Crippen LogP contribution in [0.15, 0.2) is 29.2 Å². The Hall–Kier alpha value is -1.44. The van der Waals surface area contributed by atoms with Crippen LogP contribution in [0.25, 0.3) is 0 Å². The zero-order valence-corrected chi connectivity index (χ0v) is 15.5. The quantitative estimate of drug-likeness (QED) is 0.769. The highest BCUT2D eigenvalue weighted by Crippen LogP contribution is 2.24. The Kier molecular flexibility index (Phi) is 5.76. The van der Waals surface area contributed by atoms with E-state index in [9.17, 15) is 13.2 Å². The monoisotopic (exact) mass is 365 g/mol. The molecule has 3 rings (SSSR count). The van der Waals surface area contributed by atoms with Crippen LogP contribution in [0.4, 0.5) is 0 Å². The highest BCUT2D eigenvalue weighted by molar-refractivity contribution is 7.89. The van der Waals surface area contributed by atoms with E-state index in [0.29, 0.717) is 11.5 Å². The van der Waals surface area contributed by atoms with Gasteiger partial charge in [0.25, 0.3) is 5.91 Å². The molecular formula is C18H27N3O3S. The van der Waals surface area contributed by atoms with E-state index >= 15 is 0 Å². The van der Waals surface area contributed by atoms with E-state index in [0.717, 1.165) is 51.7 Å². The summed E-state index contributed by atoms with van der Waals surface area (Å²) >= 11 is 0. The van der Waals surface area contributed by atoms with Gasteiger partial charge in [0.2, 0.25) is 10.0 Å². The maximum atomic E-state index is 12.6. The van der Waals surface area contributed by atoms with Crippen molar-refractivity contribution in [2.24, 2.45) is 5.92 Å². The fourth-order valence-corrected chi connectivity index (χ4v) is 4.53. The summed E-state index contributed by atoms with van der Waals surface area (Å²) in [7, 11) is -1.50. The molecule has 1 aromatic rings. The average molecular weight is 365 g/mol. The Bertz CT molecular complexity index is 691. The Morgan fingerprint density at radius 1 is 1.12 bits per heavy atom. The number of nitrogens with zero attached hydrogens (tertiary/aromatic N) is 1. The molecule has 2 N–H and O–H groups in total. The van der Waals surface area contributed by atoms with Crippen molar-refractivity contribution in [1.29, 1.82) is 0 Å². The van der Waals surface area contributed by atoms with Crippen LogP contribution in [-0.4, -0.2) is 51.9 Å². The lowest BCUT2D eigenvalue weighted by Crippen LogP contribution is -2.39. The van der Waals surface area contributed by atoms with Gasteiger partial charge in [-0.2, -0.15) is 0 Å². The lowest BCUT2D eigenvalue weighted by molar-refractivity contribution is 0.0687. The van der Waals surface area contributed by atoms with Gasteiger partial charge in [0.05, 0.1) is 4.90 Å². The summed E-state index contributed by atoms with van der Waals surface area (Å²) in [5.74, 6) is 0.670. The zero-order valence-electron chi connectivity index (χ0n) is 14.7. The molecule has 0 radical (unpaired) electrons. The van der Waals surface area contributed by atoms with E-state index < -0.39 is 10.0 Å². The van der Waals surface area contributed by atoms with Crippen LogP contribution in [0.3, 0.4) is 0 Å². The zero-order chi connectivity index (χ0) is 17.9. The van der Waals surface area contributed by atoms with Crippen molar-refractivity contribution in [3.05, 3.63) is 29.8 Å². The molecule has 0 atom stereocenters. The number of amides is 1. The van der Waals surface area contributed by atoms with Crippen molar-refractivity contribution in [3.8, 4) is 0 Å². The van der Waals surface area contributed by atoms with Gasteiger partial charge in [0.15, 0.2) is 0 Å². The molecule has 0 spiro atoms. The van der Waals surface area contributed by atoms with E-state index in [1.54, 1.807) is 12.1 Å². The number of rotatable bonds is 7. The molecule has 0 bridgehead atoms. The minimum atomic E-state index is -3.46. The van der Waals surface area contributed by atoms with Crippen molar-refractivity contribution in [1.82, 2.24) is 14.9 Å². The van der Waals surface area contributed by atoms with Gasteiger partial charge in [-0.1, -0.05) is 0 Å².